The number of nitrogens with one attached hydrogen (secondary N) is 2. The van der Waals surface area contributed by atoms with Gasteiger partial charge in [0.2, 0.25) is 5.91 Å². The summed E-state index contributed by atoms with van der Waals surface area (Å²) in [6, 6.07) is 2.66. The van der Waals surface area contributed by atoms with E-state index in [0.717, 1.165) is 0 Å². The van der Waals surface area contributed by atoms with Crippen molar-refractivity contribution in [1.29, 1.82) is 0 Å². The summed E-state index contributed by atoms with van der Waals surface area (Å²) in [5.41, 5.74) is 5.38. The molecule has 4 N–H and O–H groups in total. The van der Waals surface area contributed by atoms with Gasteiger partial charge in [-0.15, -0.1) is 0 Å². The van der Waals surface area contributed by atoms with Crippen LogP contribution in [0.4, 0.5) is 0 Å². The number of aromatic nitrogens is 1. The summed E-state index contributed by atoms with van der Waals surface area (Å²) in [6.07, 6.45) is 1.63. The Balaban J connectivity index is 2.56. The first-order valence-electron chi connectivity index (χ1n) is 3.85. The van der Waals surface area contributed by atoms with E-state index in [0.29, 0.717) is 5.69 Å². The SMILES string of the molecule is C[C@H](NC(=O)c1ccc[nH]1)C(N)=O. The highest BCUT2D eigenvalue weighted by atomic mass is 16.2. The lowest BCUT2D eigenvalue weighted by Gasteiger charge is -2.08. The first-order valence-corrected chi connectivity index (χ1v) is 3.85. The summed E-state index contributed by atoms with van der Waals surface area (Å²) >= 11 is 0. The average molecular weight is 181 g/mol. The predicted molar refractivity (Wildman–Crippen MR) is 46.9 cm³/mol. The number of nitrogens with two attached hydrogens (primary N) is 1. The molecule has 5 heteroatoms. The van der Waals surface area contributed by atoms with Gasteiger partial charge in [0, 0.05) is 6.20 Å². The molecule has 13 heavy (non-hydrogen) atoms. The van der Waals surface area contributed by atoms with E-state index in [1.807, 2.05) is 0 Å². The van der Waals surface area contributed by atoms with Gasteiger partial charge in [0.25, 0.3) is 5.91 Å². The number of rotatable bonds is 3. The lowest BCUT2D eigenvalue weighted by molar-refractivity contribution is -0.119. The van der Waals surface area contributed by atoms with Crippen LogP contribution in [0.1, 0.15) is 17.4 Å². The molecule has 0 aliphatic carbocycles. The Morgan fingerprint density at radius 3 is 2.77 bits per heavy atom. The Labute approximate surface area is 75.3 Å². The molecule has 0 spiro atoms. The maximum Gasteiger partial charge on any atom is 0.268 e. The maximum absolute atomic E-state index is 11.3. The van der Waals surface area contributed by atoms with Crippen molar-refractivity contribution in [3.63, 3.8) is 0 Å². The third-order valence-corrected chi connectivity index (χ3v) is 1.62. The molecule has 0 bridgehead atoms. The Morgan fingerprint density at radius 1 is 1.62 bits per heavy atom. The van der Waals surface area contributed by atoms with E-state index in [9.17, 15) is 9.59 Å². The topological polar surface area (TPSA) is 88.0 Å². The van der Waals surface area contributed by atoms with Crippen molar-refractivity contribution in [3.8, 4) is 0 Å². The van der Waals surface area contributed by atoms with Crippen molar-refractivity contribution in [1.82, 2.24) is 10.3 Å². The van der Waals surface area contributed by atoms with Gasteiger partial charge in [0.15, 0.2) is 0 Å². The smallest absolute Gasteiger partial charge is 0.268 e. The Hall–Kier alpha value is -1.78. The van der Waals surface area contributed by atoms with Gasteiger partial charge in [-0.2, -0.15) is 0 Å². The third kappa shape index (κ3) is 2.33. The molecule has 0 saturated heterocycles. The molecular weight excluding hydrogens is 170 g/mol. The van der Waals surface area contributed by atoms with Crippen molar-refractivity contribution >= 4 is 11.8 Å². The van der Waals surface area contributed by atoms with Crippen LogP contribution in [0.25, 0.3) is 0 Å². The molecular formula is C8H11N3O2. The summed E-state index contributed by atoms with van der Waals surface area (Å²) in [7, 11) is 0. The molecule has 1 atom stereocenters. The van der Waals surface area contributed by atoms with Crippen LogP contribution in [0.2, 0.25) is 0 Å². The van der Waals surface area contributed by atoms with Gasteiger partial charge in [-0.05, 0) is 19.1 Å². The summed E-state index contributed by atoms with van der Waals surface area (Å²) in [6.45, 7) is 1.53. The van der Waals surface area contributed by atoms with Crippen LogP contribution in [-0.4, -0.2) is 22.8 Å². The number of hydrogen-bond acceptors (Lipinski definition) is 2. The van der Waals surface area contributed by atoms with Crippen LogP contribution in [0.5, 0.6) is 0 Å². The van der Waals surface area contributed by atoms with E-state index in [1.165, 1.54) is 6.92 Å². The van der Waals surface area contributed by atoms with Crippen molar-refractivity contribution in [2.45, 2.75) is 13.0 Å². The second-order valence-corrected chi connectivity index (χ2v) is 2.68. The molecule has 1 aromatic heterocycles. The second kappa shape index (κ2) is 3.75. The zero-order valence-corrected chi connectivity index (χ0v) is 7.20. The number of carbonyl (C=O) groups is 2. The number of amides is 2. The fourth-order valence-electron chi connectivity index (χ4n) is 0.817. The molecule has 0 aliphatic rings. The normalized spacial score (nSPS) is 12.1. The molecule has 1 heterocycles. The van der Waals surface area contributed by atoms with E-state index >= 15 is 0 Å². The summed E-state index contributed by atoms with van der Waals surface area (Å²) < 4.78 is 0. The van der Waals surface area contributed by atoms with E-state index in [1.54, 1.807) is 18.3 Å². The Bertz CT molecular complexity index is 305. The molecule has 1 rings (SSSR count). The fraction of sp³-hybridized carbons (Fsp3) is 0.250. The summed E-state index contributed by atoms with van der Waals surface area (Å²) in [4.78, 5) is 24.6. The highest BCUT2D eigenvalue weighted by molar-refractivity contribution is 5.95. The molecule has 0 aromatic carbocycles. The molecule has 2 amide bonds. The van der Waals surface area contributed by atoms with Gasteiger partial charge < -0.3 is 16.0 Å². The number of H-pyrrole nitrogens is 1. The quantitative estimate of drug-likeness (QED) is 0.593. The molecule has 0 aliphatic heterocycles. The molecule has 1 aromatic rings. The molecule has 5 nitrogen and oxygen atoms in total. The highest BCUT2D eigenvalue weighted by Crippen LogP contribution is 1.94. The molecule has 0 saturated carbocycles. The van der Waals surface area contributed by atoms with Crippen LogP contribution in [0, 0.1) is 0 Å². The third-order valence-electron chi connectivity index (χ3n) is 1.62. The van der Waals surface area contributed by atoms with Gasteiger partial charge in [0.05, 0.1) is 0 Å². The minimum absolute atomic E-state index is 0.337. The largest absolute Gasteiger partial charge is 0.368 e. The van der Waals surface area contributed by atoms with Gasteiger partial charge in [0.1, 0.15) is 11.7 Å². The molecule has 0 radical (unpaired) electrons. The van der Waals surface area contributed by atoms with Crippen molar-refractivity contribution in [3.05, 3.63) is 24.0 Å². The Morgan fingerprint density at radius 2 is 2.31 bits per heavy atom. The van der Waals surface area contributed by atoms with Crippen LogP contribution < -0.4 is 11.1 Å². The van der Waals surface area contributed by atoms with Gasteiger partial charge in [-0.25, -0.2) is 0 Å². The number of aromatic amines is 1. The maximum atomic E-state index is 11.3. The predicted octanol–water partition coefficient (Wildman–Crippen LogP) is -0.382. The lowest BCUT2D eigenvalue weighted by Crippen LogP contribution is -2.42. The molecule has 0 fully saturated rings. The average Bonchev–Trinajstić information content (AvgIpc) is 2.55. The van der Waals surface area contributed by atoms with Gasteiger partial charge in [-0.3, -0.25) is 9.59 Å². The highest BCUT2D eigenvalue weighted by Gasteiger charge is 2.13. The van der Waals surface area contributed by atoms with E-state index < -0.39 is 11.9 Å². The Kier molecular flexibility index (Phi) is 2.69. The molecule has 70 valence electrons. The number of carbonyl (C=O) groups excluding carboxylic acids is 2. The zero-order chi connectivity index (χ0) is 9.84. The van der Waals surface area contributed by atoms with Gasteiger partial charge in [-0.1, -0.05) is 0 Å². The van der Waals surface area contributed by atoms with Crippen LogP contribution in [-0.2, 0) is 4.79 Å². The van der Waals surface area contributed by atoms with E-state index in [-0.39, 0.29) is 5.91 Å². The minimum Gasteiger partial charge on any atom is -0.368 e. The summed E-state index contributed by atoms with van der Waals surface area (Å²) in [5.74, 6) is -0.892. The first-order chi connectivity index (χ1) is 6.11. The minimum atomic E-state index is -0.657. The second-order valence-electron chi connectivity index (χ2n) is 2.68. The van der Waals surface area contributed by atoms with E-state index in [4.69, 9.17) is 5.73 Å². The first kappa shape index (κ1) is 9.31. The zero-order valence-electron chi connectivity index (χ0n) is 7.20. The van der Waals surface area contributed by atoms with Crippen molar-refractivity contribution < 1.29 is 9.59 Å². The monoisotopic (exact) mass is 181 g/mol. The summed E-state index contributed by atoms with van der Waals surface area (Å²) in [5, 5.41) is 2.44. The number of hydrogen-bond donors (Lipinski definition) is 3. The van der Waals surface area contributed by atoms with Crippen LogP contribution in [0.3, 0.4) is 0 Å². The van der Waals surface area contributed by atoms with Crippen LogP contribution >= 0.6 is 0 Å². The van der Waals surface area contributed by atoms with Crippen molar-refractivity contribution in [2.24, 2.45) is 5.73 Å². The fourth-order valence-corrected chi connectivity index (χ4v) is 0.817. The number of primary amides is 1. The standard InChI is InChI=1S/C8H11N3O2/c1-5(7(9)12)11-8(13)6-3-2-4-10-6/h2-5,10H,1H3,(H2,9,12)(H,11,13)/t5-/m0/s1. The lowest BCUT2D eigenvalue weighted by atomic mass is 10.3. The van der Waals surface area contributed by atoms with E-state index in [2.05, 4.69) is 10.3 Å². The van der Waals surface area contributed by atoms with Gasteiger partial charge >= 0.3 is 0 Å². The van der Waals surface area contributed by atoms with Crippen LogP contribution in [0.15, 0.2) is 18.3 Å². The molecule has 0 unspecified atom stereocenters. The van der Waals surface area contributed by atoms with Crippen molar-refractivity contribution in [2.75, 3.05) is 0 Å².